The van der Waals surface area contributed by atoms with Crippen LogP contribution in [0.25, 0.3) is 0 Å². The second-order valence-corrected chi connectivity index (χ2v) is 3.61. The lowest BCUT2D eigenvalue weighted by molar-refractivity contribution is -0.136. The van der Waals surface area contributed by atoms with Crippen LogP contribution in [0.4, 0.5) is 5.69 Å². The van der Waals surface area contributed by atoms with Crippen LogP contribution in [0.3, 0.4) is 0 Å². The molecular weight excluding hydrogens is 230 g/mol. The van der Waals surface area contributed by atoms with E-state index >= 15 is 0 Å². The number of aliphatic carboxylic acids is 1. The highest BCUT2D eigenvalue weighted by molar-refractivity contribution is 6.29. The van der Waals surface area contributed by atoms with Gasteiger partial charge < -0.3 is 10.0 Å². The predicted molar refractivity (Wildman–Crippen MR) is 61.9 cm³/mol. The smallest absolute Gasteiger partial charge is 0.323 e. The molecule has 0 aliphatic heterocycles. The van der Waals surface area contributed by atoms with Crippen LogP contribution in [0.5, 0.6) is 0 Å². The molecule has 86 valence electrons. The number of benzene rings is 1. The Kier molecular flexibility index (Phi) is 4.31. The van der Waals surface area contributed by atoms with Gasteiger partial charge in [0.1, 0.15) is 12.4 Å². The highest BCUT2D eigenvalue weighted by Gasteiger charge is 2.17. The van der Waals surface area contributed by atoms with Gasteiger partial charge in [0, 0.05) is 5.69 Å². The number of rotatable bonds is 4. The first-order valence-corrected chi connectivity index (χ1v) is 5.23. The van der Waals surface area contributed by atoms with Crippen molar-refractivity contribution in [3.63, 3.8) is 0 Å². The van der Waals surface area contributed by atoms with Gasteiger partial charge in [-0.2, -0.15) is 0 Å². The minimum absolute atomic E-state index is 0.235. The third-order valence-corrected chi connectivity index (χ3v) is 2.28. The monoisotopic (exact) mass is 241 g/mol. The second-order valence-electron chi connectivity index (χ2n) is 3.34. The van der Waals surface area contributed by atoms with Crippen LogP contribution in [-0.2, 0) is 9.59 Å². The average molecular weight is 242 g/mol. The number of carboxylic acids is 1. The first-order valence-electron chi connectivity index (χ1n) is 4.69. The summed E-state index contributed by atoms with van der Waals surface area (Å²) >= 11 is 5.43. The van der Waals surface area contributed by atoms with E-state index in [1.165, 1.54) is 0 Å². The fraction of sp³-hybridized carbons (Fsp3) is 0.273. The van der Waals surface area contributed by atoms with Crippen LogP contribution in [0.15, 0.2) is 24.3 Å². The van der Waals surface area contributed by atoms with E-state index in [1.54, 1.807) is 12.1 Å². The standard InChI is InChI=1S/C11H12ClNO3/c1-8-2-4-9(5-3-8)13(7-11(15)16)10(14)6-12/h2-5H,6-7H2,1H3,(H,15,16). The number of carbonyl (C=O) groups excluding carboxylic acids is 1. The molecule has 0 heterocycles. The molecule has 0 aliphatic rings. The van der Waals surface area contributed by atoms with Gasteiger partial charge in [-0.3, -0.25) is 9.59 Å². The van der Waals surface area contributed by atoms with E-state index in [4.69, 9.17) is 16.7 Å². The molecule has 0 saturated heterocycles. The fourth-order valence-electron chi connectivity index (χ4n) is 1.26. The molecule has 0 atom stereocenters. The Labute approximate surface area is 98.4 Å². The summed E-state index contributed by atoms with van der Waals surface area (Å²) in [6, 6.07) is 7.02. The Hall–Kier alpha value is -1.55. The van der Waals surface area contributed by atoms with Gasteiger partial charge >= 0.3 is 5.97 Å². The Balaban J connectivity index is 2.96. The summed E-state index contributed by atoms with van der Waals surface area (Å²) in [5.41, 5.74) is 1.58. The maximum atomic E-state index is 11.5. The number of hydrogen-bond acceptors (Lipinski definition) is 2. The summed E-state index contributed by atoms with van der Waals surface area (Å²) in [4.78, 5) is 23.2. The molecule has 1 amide bonds. The molecule has 1 rings (SSSR count). The van der Waals surface area contributed by atoms with E-state index in [1.807, 2.05) is 19.1 Å². The number of hydrogen-bond donors (Lipinski definition) is 1. The molecule has 0 aliphatic carbocycles. The van der Waals surface area contributed by atoms with Gasteiger partial charge in [-0.05, 0) is 19.1 Å². The molecule has 0 aromatic heterocycles. The normalized spacial score (nSPS) is 9.88. The maximum Gasteiger partial charge on any atom is 0.323 e. The Morgan fingerprint density at radius 3 is 2.31 bits per heavy atom. The summed E-state index contributed by atoms with van der Waals surface area (Å²) in [7, 11) is 0. The van der Waals surface area contributed by atoms with Crippen LogP contribution >= 0.6 is 11.6 Å². The van der Waals surface area contributed by atoms with Crippen molar-refractivity contribution in [2.75, 3.05) is 17.3 Å². The number of carbonyl (C=O) groups is 2. The zero-order valence-electron chi connectivity index (χ0n) is 8.81. The lowest BCUT2D eigenvalue weighted by atomic mass is 10.2. The number of nitrogens with zero attached hydrogens (tertiary/aromatic N) is 1. The van der Waals surface area contributed by atoms with Crippen LogP contribution in [0.1, 0.15) is 5.56 Å². The SMILES string of the molecule is Cc1ccc(N(CC(=O)O)C(=O)CCl)cc1. The van der Waals surface area contributed by atoms with Crippen molar-refractivity contribution in [3.8, 4) is 0 Å². The zero-order valence-corrected chi connectivity index (χ0v) is 9.57. The molecular formula is C11H12ClNO3. The summed E-state index contributed by atoms with van der Waals surface area (Å²) < 4.78 is 0. The van der Waals surface area contributed by atoms with Gasteiger partial charge in [0.2, 0.25) is 5.91 Å². The van der Waals surface area contributed by atoms with Crippen LogP contribution in [0, 0.1) is 6.92 Å². The van der Waals surface area contributed by atoms with E-state index in [0.717, 1.165) is 10.5 Å². The van der Waals surface area contributed by atoms with Gasteiger partial charge in [-0.25, -0.2) is 0 Å². The van der Waals surface area contributed by atoms with E-state index in [2.05, 4.69) is 0 Å². The quantitative estimate of drug-likeness (QED) is 0.816. The largest absolute Gasteiger partial charge is 0.480 e. The number of aryl methyl sites for hydroxylation is 1. The number of alkyl halides is 1. The van der Waals surface area contributed by atoms with Crippen molar-refractivity contribution in [2.24, 2.45) is 0 Å². The Morgan fingerprint density at radius 1 is 1.31 bits per heavy atom. The molecule has 0 bridgehead atoms. The molecule has 0 unspecified atom stereocenters. The van der Waals surface area contributed by atoms with Gasteiger partial charge in [0.15, 0.2) is 0 Å². The van der Waals surface area contributed by atoms with Crippen molar-refractivity contribution >= 4 is 29.2 Å². The summed E-state index contributed by atoms with van der Waals surface area (Å²) in [5.74, 6) is -1.73. The molecule has 1 N–H and O–H groups in total. The predicted octanol–water partition coefficient (Wildman–Crippen LogP) is 1.65. The maximum absolute atomic E-state index is 11.5. The van der Waals surface area contributed by atoms with Crippen molar-refractivity contribution < 1.29 is 14.7 Å². The Morgan fingerprint density at radius 2 is 1.88 bits per heavy atom. The van der Waals surface area contributed by atoms with Crippen molar-refractivity contribution in [2.45, 2.75) is 6.92 Å². The van der Waals surface area contributed by atoms with Crippen LogP contribution in [-0.4, -0.2) is 29.4 Å². The fourth-order valence-corrected chi connectivity index (χ4v) is 1.40. The first-order chi connectivity index (χ1) is 7.54. The third kappa shape index (κ3) is 3.24. The summed E-state index contributed by atoms with van der Waals surface area (Å²) in [6.07, 6.45) is 0. The minimum atomic E-state index is -1.07. The molecule has 0 spiro atoms. The molecule has 0 fully saturated rings. The Bertz CT molecular complexity index is 389. The van der Waals surface area contributed by atoms with Crippen molar-refractivity contribution in [1.82, 2.24) is 0 Å². The van der Waals surface area contributed by atoms with Gasteiger partial charge in [-0.1, -0.05) is 17.7 Å². The molecule has 0 saturated carbocycles. The van der Waals surface area contributed by atoms with Gasteiger partial charge in [-0.15, -0.1) is 11.6 Å². The average Bonchev–Trinajstić information content (AvgIpc) is 2.26. The highest BCUT2D eigenvalue weighted by atomic mass is 35.5. The second kappa shape index (κ2) is 5.51. The number of anilines is 1. The lowest BCUT2D eigenvalue weighted by Gasteiger charge is -2.19. The molecule has 16 heavy (non-hydrogen) atoms. The van der Waals surface area contributed by atoms with Gasteiger partial charge in [0.05, 0.1) is 0 Å². The third-order valence-electron chi connectivity index (χ3n) is 2.05. The summed E-state index contributed by atoms with van der Waals surface area (Å²) in [5, 5.41) is 8.71. The van der Waals surface area contributed by atoms with Crippen molar-refractivity contribution in [3.05, 3.63) is 29.8 Å². The molecule has 4 nitrogen and oxygen atoms in total. The lowest BCUT2D eigenvalue weighted by Crippen LogP contribution is -2.36. The van der Waals surface area contributed by atoms with Crippen LogP contribution in [0.2, 0.25) is 0 Å². The number of halogens is 1. The van der Waals surface area contributed by atoms with E-state index < -0.39 is 11.9 Å². The van der Waals surface area contributed by atoms with E-state index in [9.17, 15) is 9.59 Å². The molecule has 5 heteroatoms. The van der Waals surface area contributed by atoms with Gasteiger partial charge in [0.25, 0.3) is 0 Å². The molecule has 1 aromatic rings. The summed E-state index contributed by atoms with van der Waals surface area (Å²) in [6.45, 7) is 1.53. The zero-order chi connectivity index (χ0) is 12.1. The minimum Gasteiger partial charge on any atom is -0.480 e. The highest BCUT2D eigenvalue weighted by Crippen LogP contribution is 2.15. The van der Waals surface area contributed by atoms with Crippen LogP contribution < -0.4 is 4.90 Å². The number of amides is 1. The molecule has 1 aromatic carbocycles. The van der Waals surface area contributed by atoms with Crippen molar-refractivity contribution in [1.29, 1.82) is 0 Å². The van der Waals surface area contributed by atoms with E-state index in [-0.39, 0.29) is 12.4 Å². The van der Waals surface area contributed by atoms with E-state index in [0.29, 0.717) is 5.69 Å². The topological polar surface area (TPSA) is 57.6 Å². The molecule has 0 radical (unpaired) electrons. The first kappa shape index (κ1) is 12.5. The number of carboxylic acid groups (broad SMARTS) is 1.